The number of hydrogen-bond acceptors (Lipinski definition) is 3. The number of nitrogens with zero attached hydrogens (tertiary/aromatic N) is 3. The maximum Gasteiger partial charge on any atom is 0.324 e. The van der Waals surface area contributed by atoms with Crippen LogP contribution in [0.25, 0.3) is 0 Å². The van der Waals surface area contributed by atoms with Gasteiger partial charge in [-0.2, -0.15) is 0 Å². The third-order valence-electron chi connectivity index (χ3n) is 4.92. The summed E-state index contributed by atoms with van der Waals surface area (Å²) < 4.78 is 5.76. The van der Waals surface area contributed by atoms with Crippen LogP contribution in [0.1, 0.15) is 24.1 Å². The minimum atomic E-state index is 0.0742. The highest BCUT2D eigenvalue weighted by Gasteiger charge is 2.32. The van der Waals surface area contributed by atoms with Gasteiger partial charge in [0.25, 0.3) is 0 Å². The Bertz CT molecular complexity index is 729. The molecule has 0 aliphatic carbocycles. The van der Waals surface area contributed by atoms with E-state index in [-0.39, 0.29) is 12.1 Å². The Balaban J connectivity index is 1.52. The second-order valence-corrected chi connectivity index (χ2v) is 6.65. The molecule has 1 saturated heterocycles. The Morgan fingerprint density at radius 1 is 1.16 bits per heavy atom. The number of hydrogen-bond donors (Lipinski definition) is 0. The number of benzene rings is 1. The number of anilines is 1. The molecule has 1 aromatic heterocycles. The van der Waals surface area contributed by atoms with Crippen molar-refractivity contribution in [1.82, 2.24) is 9.88 Å². The van der Waals surface area contributed by atoms with E-state index in [0.29, 0.717) is 19.6 Å². The summed E-state index contributed by atoms with van der Waals surface area (Å²) in [6.07, 6.45) is 4.82. The lowest BCUT2D eigenvalue weighted by atomic mass is 10.1. The first-order chi connectivity index (χ1) is 12.3. The number of para-hydroxylation sites is 1. The predicted octanol–water partition coefficient (Wildman–Crippen LogP) is 3.25. The highest BCUT2D eigenvalue weighted by Crippen LogP contribution is 2.30. The Morgan fingerprint density at radius 2 is 2.04 bits per heavy atom. The molecule has 0 N–H and O–H groups in total. The Kier molecular flexibility index (Phi) is 4.65. The lowest BCUT2D eigenvalue weighted by Gasteiger charge is -2.38. The molecule has 1 atom stereocenters. The van der Waals surface area contributed by atoms with Gasteiger partial charge in [-0.25, -0.2) is 4.79 Å². The maximum absolute atomic E-state index is 13.1. The van der Waals surface area contributed by atoms with E-state index in [0.717, 1.165) is 37.3 Å². The zero-order chi connectivity index (χ0) is 17.1. The van der Waals surface area contributed by atoms with Gasteiger partial charge in [0, 0.05) is 38.0 Å². The van der Waals surface area contributed by atoms with E-state index in [4.69, 9.17) is 4.74 Å². The molecule has 2 amide bonds. The van der Waals surface area contributed by atoms with Crippen molar-refractivity contribution >= 4 is 11.7 Å². The van der Waals surface area contributed by atoms with E-state index in [9.17, 15) is 4.79 Å². The van der Waals surface area contributed by atoms with E-state index in [1.54, 1.807) is 6.20 Å². The molecule has 0 bridgehead atoms. The second kappa shape index (κ2) is 7.23. The predicted molar refractivity (Wildman–Crippen MR) is 96.5 cm³/mol. The number of ether oxygens (including phenoxy) is 1. The number of urea groups is 1. The molecular weight excluding hydrogens is 314 g/mol. The molecule has 1 unspecified atom stereocenters. The summed E-state index contributed by atoms with van der Waals surface area (Å²) in [5.74, 6) is 0. The standard InChI is InChI=1S/C20H23N3O2/c24-20-22(12-10-17-7-3-4-11-21-17)14-16-6-1-2-9-19(16)23(20)15-18-8-5-13-25-18/h1-4,6-7,9,11,18H,5,8,10,12-15H2. The van der Waals surface area contributed by atoms with Crippen LogP contribution in [-0.2, 0) is 17.7 Å². The van der Waals surface area contributed by atoms with Crippen LogP contribution in [-0.4, -0.2) is 41.7 Å². The normalized spacial score (nSPS) is 20.0. The van der Waals surface area contributed by atoms with Crippen molar-refractivity contribution < 1.29 is 9.53 Å². The maximum atomic E-state index is 13.1. The topological polar surface area (TPSA) is 45.7 Å². The van der Waals surface area contributed by atoms with E-state index >= 15 is 0 Å². The number of pyridine rings is 1. The third-order valence-corrected chi connectivity index (χ3v) is 4.92. The van der Waals surface area contributed by atoms with Gasteiger partial charge in [0.1, 0.15) is 0 Å². The van der Waals surface area contributed by atoms with Crippen LogP contribution < -0.4 is 4.90 Å². The molecule has 4 rings (SSSR count). The number of fused-ring (bicyclic) bond motifs is 1. The quantitative estimate of drug-likeness (QED) is 0.841. The first kappa shape index (κ1) is 16.1. The minimum absolute atomic E-state index is 0.0742. The van der Waals surface area contributed by atoms with Gasteiger partial charge in [0.05, 0.1) is 18.3 Å². The van der Waals surface area contributed by atoms with Gasteiger partial charge in [0.2, 0.25) is 0 Å². The fourth-order valence-corrected chi connectivity index (χ4v) is 3.59. The molecule has 0 saturated carbocycles. The van der Waals surface area contributed by atoms with Gasteiger partial charge in [-0.3, -0.25) is 9.88 Å². The van der Waals surface area contributed by atoms with E-state index in [1.165, 1.54) is 5.56 Å². The van der Waals surface area contributed by atoms with Crippen molar-refractivity contribution in [3.63, 3.8) is 0 Å². The molecule has 130 valence electrons. The highest BCUT2D eigenvalue weighted by atomic mass is 16.5. The molecule has 0 spiro atoms. The van der Waals surface area contributed by atoms with Crippen molar-refractivity contribution in [1.29, 1.82) is 0 Å². The van der Waals surface area contributed by atoms with Crippen molar-refractivity contribution in [3.8, 4) is 0 Å². The van der Waals surface area contributed by atoms with Crippen LogP contribution in [0, 0.1) is 0 Å². The van der Waals surface area contributed by atoms with Crippen LogP contribution >= 0.6 is 0 Å². The molecule has 1 aromatic carbocycles. The first-order valence-corrected chi connectivity index (χ1v) is 8.97. The molecule has 2 aliphatic heterocycles. The van der Waals surface area contributed by atoms with Crippen molar-refractivity contribution in [3.05, 3.63) is 59.9 Å². The molecular formula is C20H23N3O2. The summed E-state index contributed by atoms with van der Waals surface area (Å²) in [6.45, 7) is 2.77. The smallest absolute Gasteiger partial charge is 0.324 e. The molecule has 25 heavy (non-hydrogen) atoms. The van der Waals surface area contributed by atoms with Crippen molar-refractivity contribution in [2.24, 2.45) is 0 Å². The van der Waals surface area contributed by atoms with Gasteiger partial charge in [-0.05, 0) is 36.6 Å². The van der Waals surface area contributed by atoms with Gasteiger partial charge in [0.15, 0.2) is 0 Å². The zero-order valence-electron chi connectivity index (χ0n) is 14.3. The minimum Gasteiger partial charge on any atom is -0.376 e. The molecule has 1 fully saturated rings. The molecule has 5 heteroatoms. The molecule has 2 aliphatic rings. The van der Waals surface area contributed by atoms with Crippen LogP contribution in [0.5, 0.6) is 0 Å². The summed E-state index contributed by atoms with van der Waals surface area (Å²) >= 11 is 0. The van der Waals surface area contributed by atoms with Crippen LogP contribution in [0.2, 0.25) is 0 Å². The van der Waals surface area contributed by atoms with E-state index in [2.05, 4.69) is 11.1 Å². The molecule has 2 aromatic rings. The summed E-state index contributed by atoms with van der Waals surface area (Å²) in [5.41, 5.74) is 3.23. The largest absolute Gasteiger partial charge is 0.376 e. The summed E-state index contributed by atoms with van der Waals surface area (Å²) in [6, 6.07) is 14.2. The highest BCUT2D eigenvalue weighted by molar-refractivity contribution is 5.95. The van der Waals surface area contributed by atoms with Gasteiger partial charge < -0.3 is 9.64 Å². The van der Waals surface area contributed by atoms with Crippen molar-refractivity contribution in [2.75, 3.05) is 24.6 Å². The first-order valence-electron chi connectivity index (χ1n) is 8.97. The average molecular weight is 337 g/mol. The number of carbonyl (C=O) groups excluding carboxylic acids is 1. The monoisotopic (exact) mass is 337 g/mol. The molecule has 3 heterocycles. The lowest BCUT2D eigenvalue weighted by Crippen LogP contribution is -2.50. The lowest BCUT2D eigenvalue weighted by molar-refractivity contribution is 0.113. The number of rotatable bonds is 5. The van der Waals surface area contributed by atoms with Gasteiger partial charge >= 0.3 is 6.03 Å². The summed E-state index contributed by atoms with van der Waals surface area (Å²) in [7, 11) is 0. The average Bonchev–Trinajstić information content (AvgIpc) is 3.17. The molecule has 5 nitrogen and oxygen atoms in total. The van der Waals surface area contributed by atoms with Crippen LogP contribution in [0.15, 0.2) is 48.7 Å². The Morgan fingerprint density at radius 3 is 2.84 bits per heavy atom. The van der Waals surface area contributed by atoms with Gasteiger partial charge in [-0.15, -0.1) is 0 Å². The summed E-state index contributed by atoms with van der Waals surface area (Å²) in [4.78, 5) is 21.3. The van der Waals surface area contributed by atoms with E-state index in [1.807, 2.05) is 46.2 Å². The molecule has 0 radical (unpaired) electrons. The van der Waals surface area contributed by atoms with Crippen LogP contribution in [0.4, 0.5) is 10.5 Å². The number of amides is 2. The Hall–Kier alpha value is -2.40. The number of carbonyl (C=O) groups is 1. The second-order valence-electron chi connectivity index (χ2n) is 6.65. The number of aromatic nitrogens is 1. The third kappa shape index (κ3) is 3.51. The van der Waals surface area contributed by atoms with Crippen molar-refractivity contribution in [2.45, 2.75) is 31.9 Å². The Labute approximate surface area is 148 Å². The zero-order valence-corrected chi connectivity index (χ0v) is 14.3. The SMILES string of the molecule is O=C1N(CCc2ccccn2)Cc2ccccc2N1CC1CCCO1. The van der Waals surface area contributed by atoms with Gasteiger partial charge in [-0.1, -0.05) is 24.3 Å². The summed E-state index contributed by atoms with van der Waals surface area (Å²) in [5, 5.41) is 0. The van der Waals surface area contributed by atoms with E-state index < -0.39 is 0 Å². The fourth-order valence-electron chi connectivity index (χ4n) is 3.59. The van der Waals surface area contributed by atoms with Crippen LogP contribution in [0.3, 0.4) is 0 Å². The fraction of sp³-hybridized carbons (Fsp3) is 0.400.